The van der Waals surface area contributed by atoms with E-state index in [2.05, 4.69) is 21.2 Å². The van der Waals surface area contributed by atoms with Crippen molar-refractivity contribution in [2.45, 2.75) is 13.0 Å². The average Bonchev–Trinajstić information content (AvgIpc) is 2.94. The molecule has 7 heteroatoms. The Morgan fingerprint density at radius 3 is 2.36 bits per heavy atom. The zero-order valence-electron chi connectivity index (χ0n) is 15.6. The Labute approximate surface area is 171 Å². The second-order valence-electron chi connectivity index (χ2n) is 6.40. The van der Waals surface area contributed by atoms with Gasteiger partial charge in [0, 0.05) is 22.4 Å². The quantitative estimate of drug-likeness (QED) is 0.527. The van der Waals surface area contributed by atoms with Crippen molar-refractivity contribution in [3.05, 3.63) is 69.8 Å². The number of nitrogens with zero attached hydrogens (tertiary/aromatic N) is 1. The van der Waals surface area contributed by atoms with E-state index in [1.54, 1.807) is 14.0 Å². The molecule has 6 nitrogen and oxygen atoms in total. The van der Waals surface area contributed by atoms with Crippen LogP contribution < -0.4 is 10.1 Å². The number of nitrogens with one attached hydrogen (secondary N) is 1. The summed E-state index contributed by atoms with van der Waals surface area (Å²) in [6, 6.07) is 14.2. The molecule has 1 amide bonds. The Morgan fingerprint density at radius 2 is 1.79 bits per heavy atom. The largest absolute Gasteiger partial charge is 0.497 e. The number of halogens is 1. The second kappa shape index (κ2) is 8.58. The number of amides is 1. The Balaban J connectivity index is 2.02. The average molecular weight is 445 g/mol. The first kappa shape index (κ1) is 20.1. The van der Waals surface area contributed by atoms with Gasteiger partial charge in [-0.15, -0.1) is 0 Å². The molecule has 3 rings (SSSR count). The molecule has 2 aromatic rings. The van der Waals surface area contributed by atoms with Gasteiger partial charge in [-0.3, -0.25) is 9.59 Å². The predicted octanol–water partition coefficient (Wildman–Crippen LogP) is 3.29. The SMILES string of the molecule is COc1ccc(NC(C)=C2C(=O)C(=O)N(CCO)[C@H]2c2ccc(Br)cc2)cc1. The highest BCUT2D eigenvalue weighted by Gasteiger charge is 2.44. The van der Waals surface area contributed by atoms with E-state index in [1.807, 2.05) is 48.5 Å². The first-order chi connectivity index (χ1) is 13.5. The van der Waals surface area contributed by atoms with Crippen LogP contribution in [-0.4, -0.2) is 42.0 Å². The minimum Gasteiger partial charge on any atom is -0.497 e. The van der Waals surface area contributed by atoms with Gasteiger partial charge in [0.15, 0.2) is 0 Å². The van der Waals surface area contributed by atoms with Crippen molar-refractivity contribution < 1.29 is 19.4 Å². The number of aliphatic hydroxyl groups is 1. The van der Waals surface area contributed by atoms with Gasteiger partial charge in [0.05, 0.1) is 25.3 Å². The van der Waals surface area contributed by atoms with Crippen LogP contribution in [0, 0.1) is 0 Å². The van der Waals surface area contributed by atoms with E-state index in [0.717, 1.165) is 21.5 Å². The number of benzene rings is 2. The number of anilines is 1. The topological polar surface area (TPSA) is 78.9 Å². The molecule has 0 radical (unpaired) electrons. The van der Waals surface area contributed by atoms with E-state index in [9.17, 15) is 14.7 Å². The number of ether oxygens (including phenoxy) is 1. The monoisotopic (exact) mass is 444 g/mol. The fraction of sp³-hybridized carbons (Fsp3) is 0.238. The summed E-state index contributed by atoms with van der Waals surface area (Å²) in [6.07, 6.45) is 0. The third-order valence-electron chi connectivity index (χ3n) is 4.64. The van der Waals surface area contributed by atoms with Crippen LogP contribution in [0.2, 0.25) is 0 Å². The van der Waals surface area contributed by atoms with Gasteiger partial charge in [-0.05, 0) is 48.9 Å². The number of aliphatic hydroxyl groups excluding tert-OH is 1. The van der Waals surface area contributed by atoms with Crippen molar-refractivity contribution in [2.24, 2.45) is 0 Å². The highest BCUT2D eigenvalue weighted by Crippen LogP contribution is 2.38. The van der Waals surface area contributed by atoms with E-state index < -0.39 is 17.7 Å². The van der Waals surface area contributed by atoms with E-state index in [4.69, 9.17) is 4.74 Å². The van der Waals surface area contributed by atoms with Crippen molar-refractivity contribution in [3.63, 3.8) is 0 Å². The number of likely N-dealkylation sites (tertiary alicyclic amines) is 1. The van der Waals surface area contributed by atoms with Gasteiger partial charge in [0.25, 0.3) is 11.7 Å². The summed E-state index contributed by atoms with van der Waals surface area (Å²) in [5.74, 6) is -0.433. The number of hydrogen-bond acceptors (Lipinski definition) is 5. The molecule has 28 heavy (non-hydrogen) atoms. The van der Waals surface area contributed by atoms with Crippen LogP contribution in [0.1, 0.15) is 18.5 Å². The molecule has 0 unspecified atom stereocenters. The molecule has 1 atom stereocenters. The van der Waals surface area contributed by atoms with Crippen molar-refractivity contribution in [1.29, 1.82) is 0 Å². The molecule has 1 aliphatic heterocycles. The number of allylic oxidation sites excluding steroid dienone is 1. The maximum absolute atomic E-state index is 12.8. The molecule has 0 spiro atoms. The lowest BCUT2D eigenvalue weighted by atomic mass is 9.97. The number of β-amino-alcohol motifs (C(OH)–C–C–N with tert-alkyl or cyclic N) is 1. The Morgan fingerprint density at radius 1 is 1.14 bits per heavy atom. The van der Waals surface area contributed by atoms with Gasteiger partial charge in [-0.25, -0.2) is 0 Å². The summed E-state index contributed by atoms with van der Waals surface area (Å²) >= 11 is 3.40. The van der Waals surface area contributed by atoms with Crippen LogP contribution in [0.3, 0.4) is 0 Å². The number of carbonyl (C=O) groups is 2. The lowest BCUT2D eigenvalue weighted by Crippen LogP contribution is -2.32. The molecule has 1 saturated heterocycles. The van der Waals surface area contributed by atoms with Crippen LogP contribution in [0.4, 0.5) is 5.69 Å². The van der Waals surface area contributed by atoms with E-state index >= 15 is 0 Å². The van der Waals surface area contributed by atoms with Crippen molar-refractivity contribution >= 4 is 33.3 Å². The predicted molar refractivity (Wildman–Crippen MR) is 110 cm³/mol. The molecule has 0 aromatic heterocycles. The molecular formula is C21H21BrN2O4. The first-order valence-corrected chi connectivity index (χ1v) is 9.59. The molecule has 146 valence electrons. The Kier molecular flexibility index (Phi) is 6.16. The number of Topliss-reactive ketones (excluding diaryl/α,β-unsaturated/α-hetero) is 1. The molecular weight excluding hydrogens is 424 g/mol. The van der Waals surface area contributed by atoms with Gasteiger partial charge in [0.2, 0.25) is 0 Å². The van der Waals surface area contributed by atoms with E-state index in [-0.39, 0.29) is 13.2 Å². The number of rotatable bonds is 6. The van der Waals surface area contributed by atoms with Crippen molar-refractivity contribution in [1.82, 2.24) is 4.90 Å². The zero-order chi connectivity index (χ0) is 20.3. The van der Waals surface area contributed by atoms with E-state index in [0.29, 0.717) is 11.3 Å². The van der Waals surface area contributed by atoms with Crippen LogP contribution in [0.5, 0.6) is 5.75 Å². The summed E-state index contributed by atoms with van der Waals surface area (Å²) in [6.45, 7) is 1.65. The molecule has 1 heterocycles. The Hall–Kier alpha value is -2.64. The minimum atomic E-state index is -0.604. The molecule has 1 aliphatic rings. The van der Waals surface area contributed by atoms with Gasteiger partial charge in [-0.1, -0.05) is 28.1 Å². The maximum Gasteiger partial charge on any atom is 0.295 e. The molecule has 2 N–H and O–H groups in total. The van der Waals surface area contributed by atoms with Crippen molar-refractivity contribution in [3.8, 4) is 5.75 Å². The third kappa shape index (κ3) is 3.95. The zero-order valence-corrected chi connectivity index (χ0v) is 17.2. The van der Waals surface area contributed by atoms with Crippen molar-refractivity contribution in [2.75, 3.05) is 25.6 Å². The van der Waals surface area contributed by atoms with E-state index in [1.165, 1.54) is 4.90 Å². The maximum atomic E-state index is 12.8. The summed E-state index contributed by atoms with van der Waals surface area (Å²) in [5.41, 5.74) is 2.57. The van der Waals surface area contributed by atoms with Gasteiger partial charge in [-0.2, -0.15) is 0 Å². The summed E-state index contributed by atoms with van der Waals surface area (Å²) < 4.78 is 6.06. The molecule has 0 aliphatic carbocycles. The Bertz CT molecular complexity index is 907. The second-order valence-corrected chi connectivity index (χ2v) is 7.31. The lowest BCUT2D eigenvalue weighted by Gasteiger charge is -2.25. The molecule has 0 saturated carbocycles. The van der Waals surface area contributed by atoms with Crippen LogP contribution >= 0.6 is 15.9 Å². The smallest absolute Gasteiger partial charge is 0.295 e. The van der Waals surface area contributed by atoms with Gasteiger partial charge in [0.1, 0.15) is 5.75 Å². The normalized spacial score (nSPS) is 18.4. The minimum absolute atomic E-state index is 0.0879. The molecule has 1 fully saturated rings. The van der Waals surface area contributed by atoms with Gasteiger partial charge < -0.3 is 20.1 Å². The highest BCUT2D eigenvalue weighted by atomic mass is 79.9. The van der Waals surface area contributed by atoms with Crippen LogP contribution in [0.25, 0.3) is 0 Å². The van der Waals surface area contributed by atoms with Crippen LogP contribution in [-0.2, 0) is 9.59 Å². The number of methoxy groups -OCH3 is 1. The summed E-state index contributed by atoms with van der Waals surface area (Å²) in [5, 5.41) is 12.6. The highest BCUT2D eigenvalue weighted by molar-refractivity contribution is 9.10. The third-order valence-corrected chi connectivity index (χ3v) is 5.17. The van der Waals surface area contributed by atoms with Gasteiger partial charge >= 0.3 is 0 Å². The van der Waals surface area contributed by atoms with Crippen LogP contribution in [0.15, 0.2) is 64.3 Å². The standard InChI is InChI=1S/C21H21BrN2O4/c1-13(23-16-7-9-17(28-2)10-8-16)18-19(14-3-5-15(22)6-4-14)24(11-12-25)21(27)20(18)26/h3-10,19,23,25H,11-12H2,1-2H3/t19-/m0/s1. The number of ketones is 1. The summed E-state index contributed by atoms with van der Waals surface area (Å²) in [4.78, 5) is 26.8. The summed E-state index contributed by atoms with van der Waals surface area (Å²) in [7, 11) is 1.59. The first-order valence-electron chi connectivity index (χ1n) is 8.79. The molecule has 2 aromatic carbocycles. The lowest BCUT2D eigenvalue weighted by molar-refractivity contribution is -0.140. The number of carbonyl (C=O) groups excluding carboxylic acids is 2. The molecule has 0 bridgehead atoms. The fourth-order valence-corrected chi connectivity index (χ4v) is 3.57. The number of hydrogen-bond donors (Lipinski definition) is 2. The fourth-order valence-electron chi connectivity index (χ4n) is 3.31.